The van der Waals surface area contributed by atoms with Crippen LogP contribution in [0.15, 0.2) is 30.6 Å². The van der Waals surface area contributed by atoms with Gasteiger partial charge in [-0.15, -0.1) is 0 Å². The Labute approximate surface area is 119 Å². The Hall–Kier alpha value is -1.39. The highest BCUT2D eigenvalue weighted by Gasteiger charge is 2.11. The lowest BCUT2D eigenvalue weighted by Gasteiger charge is -2.16. The maximum atomic E-state index is 13.3. The summed E-state index contributed by atoms with van der Waals surface area (Å²) in [5.74, 6) is -1.07. The van der Waals surface area contributed by atoms with Crippen LogP contribution >= 0.6 is 23.2 Å². The van der Waals surface area contributed by atoms with Crippen LogP contribution in [0.25, 0.3) is 0 Å². The first-order valence-electron chi connectivity index (χ1n) is 5.49. The summed E-state index contributed by atoms with van der Waals surface area (Å²) in [6.07, 6.45) is 2.68. The molecule has 1 unspecified atom stereocenters. The number of nitrogens with one attached hydrogen (secondary N) is 1. The van der Waals surface area contributed by atoms with Gasteiger partial charge < -0.3 is 5.32 Å². The van der Waals surface area contributed by atoms with Gasteiger partial charge in [0.1, 0.15) is 5.82 Å². The largest absolute Gasteiger partial charge is 0.378 e. The molecule has 0 amide bonds. The normalized spacial score (nSPS) is 12.3. The zero-order chi connectivity index (χ0) is 14.0. The van der Waals surface area contributed by atoms with Crippen LogP contribution in [0.4, 0.5) is 14.5 Å². The highest BCUT2D eigenvalue weighted by molar-refractivity contribution is 6.35. The van der Waals surface area contributed by atoms with Crippen LogP contribution in [-0.2, 0) is 0 Å². The minimum Gasteiger partial charge on any atom is -0.378 e. The second-order valence-electron chi connectivity index (χ2n) is 4.06. The molecule has 0 aliphatic carbocycles. The number of benzene rings is 1. The number of hydrogen-bond acceptors (Lipinski definition) is 2. The molecule has 2 rings (SSSR count). The van der Waals surface area contributed by atoms with Gasteiger partial charge in [0, 0.05) is 11.9 Å². The maximum absolute atomic E-state index is 13.3. The lowest BCUT2D eigenvalue weighted by Crippen LogP contribution is -2.07. The van der Waals surface area contributed by atoms with Crippen LogP contribution in [0.5, 0.6) is 0 Å². The second kappa shape index (κ2) is 5.72. The number of aromatic nitrogens is 1. The zero-order valence-corrected chi connectivity index (χ0v) is 11.4. The van der Waals surface area contributed by atoms with E-state index >= 15 is 0 Å². The van der Waals surface area contributed by atoms with Crippen LogP contribution in [0.3, 0.4) is 0 Å². The molecular weight excluding hydrogens is 293 g/mol. The molecule has 0 aliphatic heterocycles. The minimum atomic E-state index is -0.658. The molecule has 0 bridgehead atoms. The van der Waals surface area contributed by atoms with Crippen molar-refractivity contribution in [2.45, 2.75) is 13.0 Å². The summed E-state index contributed by atoms with van der Waals surface area (Å²) >= 11 is 11.4. The van der Waals surface area contributed by atoms with Gasteiger partial charge in [-0.3, -0.25) is 4.98 Å². The van der Waals surface area contributed by atoms with Gasteiger partial charge in [-0.25, -0.2) is 8.78 Å². The average molecular weight is 303 g/mol. The molecule has 0 spiro atoms. The Balaban J connectivity index is 2.21. The number of nitrogens with zero attached hydrogens (tertiary/aromatic N) is 1. The van der Waals surface area contributed by atoms with E-state index in [0.717, 1.165) is 6.20 Å². The maximum Gasteiger partial charge on any atom is 0.160 e. The summed E-state index contributed by atoms with van der Waals surface area (Å²) in [7, 11) is 0. The van der Waals surface area contributed by atoms with Crippen LogP contribution in [0, 0.1) is 11.6 Å². The van der Waals surface area contributed by atoms with Crippen LogP contribution in [-0.4, -0.2) is 4.98 Å². The molecule has 0 saturated heterocycles. The van der Waals surface area contributed by atoms with Gasteiger partial charge >= 0.3 is 0 Å². The summed E-state index contributed by atoms with van der Waals surface area (Å²) in [4.78, 5) is 3.77. The molecule has 1 heterocycles. The highest BCUT2D eigenvalue weighted by Crippen LogP contribution is 2.29. The number of rotatable bonds is 3. The molecule has 0 aliphatic rings. The Morgan fingerprint density at radius 1 is 1.11 bits per heavy atom. The van der Waals surface area contributed by atoms with Crippen LogP contribution in [0.2, 0.25) is 10.0 Å². The first-order chi connectivity index (χ1) is 8.97. The molecule has 2 aromatic rings. The topological polar surface area (TPSA) is 24.9 Å². The first-order valence-corrected chi connectivity index (χ1v) is 6.24. The molecule has 2 nitrogen and oxygen atoms in total. The van der Waals surface area contributed by atoms with E-state index in [2.05, 4.69) is 10.3 Å². The first kappa shape index (κ1) is 14.0. The van der Waals surface area contributed by atoms with Crippen molar-refractivity contribution in [1.82, 2.24) is 4.98 Å². The van der Waals surface area contributed by atoms with E-state index in [1.165, 1.54) is 18.2 Å². The number of halogens is 4. The van der Waals surface area contributed by atoms with E-state index in [-0.39, 0.29) is 16.1 Å². The molecule has 0 fully saturated rings. The molecular formula is C13H10Cl2F2N2. The van der Waals surface area contributed by atoms with Crippen LogP contribution in [0.1, 0.15) is 18.5 Å². The summed E-state index contributed by atoms with van der Waals surface area (Å²) in [5, 5.41) is 2.91. The van der Waals surface area contributed by atoms with Crippen molar-refractivity contribution in [3.05, 3.63) is 57.8 Å². The predicted octanol–water partition coefficient (Wildman–Crippen LogP) is 4.84. The fourth-order valence-corrected chi connectivity index (χ4v) is 2.12. The summed E-state index contributed by atoms with van der Waals surface area (Å²) in [5.41, 5.74) is 1.21. The number of anilines is 1. The van der Waals surface area contributed by atoms with Crippen molar-refractivity contribution in [2.75, 3.05) is 5.32 Å². The number of pyridine rings is 1. The van der Waals surface area contributed by atoms with Gasteiger partial charge in [0.2, 0.25) is 0 Å². The van der Waals surface area contributed by atoms with Crippen molar-refractivity contribution in [1.29, 1.82) is 0 Å². The van der Waals surface area contributed by atoms with Crippen molar-refractivity contribution in [3.8, 4) is 0 Å². The predicted molar refractivity (Wildman–Crippen MR) is 72.7 cm³/mol. The summed E-state index contributed by atoms with van der Waals surface area (Å²) < 4.78 is 26.3. The second-order valence-corrected chi connectivity index (χ2v) is 4.87. The van der Waals surface area contributed by atoms with Gasteiger partial charge in [-0.2, -0.15) is 0 Å². The SMILES string of the molecule is CC(Nc1cc(Cl)c(F)c(Cl)c1)c1cncc(F)c1. The Morgan fingerprint density at radius 3 is 2.32 bits per heavy atom. The van der Waals surface area contributed by atoms with E-state index in [9.17, 15) is 8.78 Å². The van der Waals surface area contributed by atoms with Crippen molar-refractivity contribution >= 4 is 28.9 Å². The van der Waals surface area contributed by atoms with Crippen molar-refractivity contribution < 1.29 is 8.78 Å². The van der Waals surface area contributed by atoms with E-state index < -0.39 is 11.6 Å². The van der Waals surface area contributed by atoms with Gasteiger partial charge in [-0.1, -0.05) is 23.2 Å². The Kier molecular flexibility index (Phi) is 4.22. The highest BCUT2D eigenvalue weighted by atomic mass is 35.5. The van der Waals surface area contributed by atoms with Gasteiger partial charge in [0.15, 0.2) is 5.82 Å². The molecule has 0 radical (unpaired) electrons. The molecule has 1 aromatic carbocycles. The van der Waals surface area contributed by atoms with Crippen molar-refractivity contribution in [2.24, 2.45) is 0 Å². The van der Waals surface area contributed by atoms with E-state index in [0.29, 0.717) is 11.3 Å². The third-order valence-electron chi connectivity index (χ3n) is 2.59. The lowest BCUT2D eigenvalue weighted by atomic mass is 10.1. The van der Waals surface area contributed by atoms with E-state index in [1.807, 2.05) is 6.92 Å². The smallest absolute Gasteiger partial charge is 0.160 e. The van der Waals surface area contributed by atoms with Gasteiger partial charge in [0.05, 0.1) is 22.3 Å². The molecule has 19 heavy (non-hydrogen) atoms. The van der Waals surface area contributed by atoms with Gasteiger partial charge in [0.25, 0.3) is 0 Å². The fraction of sp³-hybridized carbons (Fsp3) is 0.154. The van der Waals surface area contributed by atoms with Gasteiger partial charge in [-0.05, 0) is 30.7 Å². The van der Waals surface area contributed by atoms with Crippen LogP contribution < -0.4 is 5.32 Å². The molecule has 1 atom stereocenters. The third kappa shape index (κ3) is 3.33. The molecule has 0 saturated carbocycles. The number of hydrogen-bond donors (Lipinski definition) is 1. The molecule has 1 aromatic heterocycles. The summed E-state index contributed by atoms with van der Waals surface area (Å²) in [6.45, 7) is 1.82. The monoisotopic (exact) mass is 302 g/mol. The zero-order valence-electron chi connectivity index (χ0n) is 9.92. The molecule has 1 N–H and O–H groups in total. The fourth-order valence-electron chi connectivity index (χ4n) is 1.64. The molecule has 100 valence electrons. The third-order valence-corrected chi connectivity index (χ3v) is 3.14. The quantitative estimate of drug-likeness (QED) is 0.821. The minimum absolute atomic E-state index is 0.0698. The Morgan fingerprint density at radius 2 is 1.74 bits per heavy atom. The Bertz CT molecular complexity index is 582. The van der Waals surface area contributed by atoms with E-state index in [1.54, 1.807) is 6.20 Å². The average Bonchev–Trinajstić information content (AvgIpc) is 2.36. The molecule has 6 heteroatoms. The lowest BCUT2D eigenvalue weighted by molar-refractivity contribution is 0.616. The van der Waals surface area contributed by atoms with Crippen molar-refractivity contribution in [3.63, 3.8) is 0 Å². The standard InChI is InChI=1S/C13H10Cl2F2N2/c1-7(8-2-9(16)6-18-5-8)19-10-3-11(14)13(17)12(15)4-10/h2-7,19H,1H3. The van der Waals surface area contributed by atoms with E-state index in [4.69, 9.17) is 23.2 Å². The summed E-state index contributed by atoms with van der Waals surface area (Å²) in [6, 6.07) is 4.00.